The number of aliphatic carboxylic acids is 1. The van der Waals surface area contributed by atoms with Gasteiger partial charge >= 0.3 is 5.97 Å². The summed E-state index contributed by atoms with van der Waals surface area (Å²) in [7, 11) is -3.12. The van der Waals surface area contributed by atoms with E-state index in [0.29, 0.717) is 12.8 Å². The summed E-state index contributed by atoms with van der Waals surface area (Å²) in [6.07, 6.45) is 1.05. The van der Waals surface area contributed by atoms with E-state index in [2.05, 4.69) is 5.92 Å². The molecule has 1 saturated heterocycles. The molecule has 66 valence electrons. The van der Waals surface area contributed by atoms with Gasteiger partial charge in [-0.1, -0.05) is 5.92 Å². The summed E-state index contributed by atoms with van der Waals surface area (Å²) in [5.74, 6) is 2.91. The average Bonchev–Trinajstić information content (AvgIpc) is 2.25. The van der Waals surface area contributed by atoms with Crippen LogP contribution in [0.5, 0.6) is 0 Å². The zero-order valence-corrected chi connectivity index (χ0v) is 7.10. The molecule has 1 rings (SSSR count). The summed E-state index contributed by atoms with van der Waals surface area (Å²) in [5, 5.41) is 7.42. The Bertz CT molecular complexity index is 343. The average molecular weight is 188 g/mol. The Kier molecular flexibility index (Phi) is 2.38. The molecule has 0 radical (unpaired) electrons. The highest BCUT2D eigenvalue weighted by molar-refractivity contribution is 7.92. The standard InChI is InChI=1S/C7H8O4S/c8-7(9)4-3-6-2-1-5-12(6,10)11/h6H,1-2,5H2,(H,8,9). The molecule has 0 saturated carbocycles. The van der Waals surface area contributed by atoms with E-state index < -0.39 is 21.1 Å². The highest BCUT2D eigenvalue weighted by Gasteiger charge is 2.29. The number of hydrogen-bond donors (Lipinski definition) is 1. The van der Waals surface area contributed by atoms with Crippen molar-refractivity contribution in [3.63, 3.8) is 0 Å². The molecule has 1 unspecified atom stereocenters. The Morgan fingerprint density at radius 2 is 2.17 bits per heavy atom. The van der Waals surface area contributed by atoms with Gasteiger partial charge in [-0.05, 0) is 12.8 Å². The number of carbonyl (C=O) groups is 1. The Labute approximate surface area is 70.5 Å². The first-order chi connectivity index (χ1) is 5.52. The second-order valence-electron chi connectivity index (χ2n) is 2.57. The second kappa shape index (κ2) is 3.15. The van der Waals surface area contributed by atoms with Crippen LogP contribution in [0.2, 0.25) is 0 Å². The minimum atomic E-state index is -3.12. The van der Waals surface area contributed by atoms with E-state index in [0.717, 1.165) is 0 Å². The fourth-order valence-electron chi connectivity index (χ4n) is 1.10. The zero-order valence-electron chi connectivity index (χ0n) is 6.28. The van der Waals surface area contributed by atoms with Gasteiger partial charge in [0.25, 0.3) is 0 Å². The molecule has 1 N–H and O–H groups in total. The maximum Gasteiger partial charge on any atom is 0.381 e. The molecule has 4 nitrogen and oxygen atoms in total. The monoisotopic (exact) mass is 188 g/mol. The molecular weight excluding hydrogens is 180 g/mol. The zero-order chi connectivity index (χ0) is 9.19. The van der Waals surface area contributed by atoms with E-state index in [4.69, 9.17) is 5.11 Å². The third kappa shape index (κ3) is 1.98. The number of hydrogen-bond acceptors (Lipinski definition) is 3. The molecule has 0 aromatic carbocycles. The molecule has 12 heavy (non-hydrogen) atoms. The molecule has 1 aliphatic heterocycles. The molecule has 0 aromatic heterocycles. The Hall–Kier alpha value is -1.02. The second-order valence-corrected chi connectivity index (χ2v) is 4.88. The molecule has 1 heterocycles. The highest BCUT2D eigenvalue weighted by Crippen LogP contribution is 2.18. The van der Waals surface area contributed by atoms with Crippen molar-refractivity contribution in [3.05, 3.63) is 0 Å². The van der Waals surface area contributed by atoms with Crippen LogP contribution in [0.25, 0.3) is 0 Å². The molecule has 0 aromatic rings. The molecule has 5 heteroatoms. The molecule has 0 aliphatic carbocycles. The van der Waals surface area contributed by atoms with Gasteiger partial charge in [-0.25, -0.2) is 13.2 Å². The topological polar surface area (TPSA) is 71.4 Å². The van der Waals surface area contributed by atoms with Gasteiger partial charge in [0, 0.05) is 5.92 Å². The molecule has 0 amide bonds. The summed E-state index contributed by atoms with van der Waals surface area (Å²) in [6.45, 7) is 0. The van der Waals surface area contributed by atoms with Crippen LogP contribution in [-0.2, 0) is 14.6 Å². The minimum Gasteiger partial charge on any atom is -0.472 e. The molecule has 0 bridgehead atoms. The number of carboxylic acids is 1. The summed E-state index contributed by atoms with van der Waals surface area (Å²) in [6, 6.07) is 0. The van der Waals surface area contributed by atoms with E-state index in [1.54, 1.807) is 0 Å². The van der Waals surface area contributed by atoms with Crippen LogP contribution >= 0.6 is 0 Å². The molecule has 1 fully saturated rings. The largest absolute Gasteiger partial charge is 0.472 e. The van der Waals surface area contributed by atoms with Gasteiger partial charge in [0.15, 0.2) is 9.84 Å². The van der Waals surface area contributed by atoms with Crippen LogP contribution in [0.1, 0.15) is 12.8 Å². The van der Waals surface area contributed by atoms with Crippen molar-refractivity contribution in [1.29, 1.82) is 0 Å². The maximum absolute atomic E-state index is 11.1. The van der Waals surface area contributed by atoms with Crippen LogP contribution in [0.3, 0.4) is 0 Å². The van der Waals surface area contributed by atoms with Crippen molar-refractivity contribution in [1.82, 2.24) is 0 Å². The van der Waals surface area contributed by atoms with Crippen molar-refractivity contribution in [2.45, 2.75) is 18.1 Å². The summed E-state index contributed by atoms with van der Waals surface area (Å²) in [4.78, 5) is 10.00. The highest BCUT2D eigenvalue weighted by atomic mass is 32.2. The maximum atomic E-state index is 11.1. The van der Waals surface area contributed by atoms with Gasteiger partial charge in [0.05, 0.1) is 5.75 Å². The third-order valence-corrected chi connectivity index (χ3v) is 3.75. The fourth-order valence-corrected chi connectivity index (χ4v) is 2.71. The number of sulfone groups is 1. The van der Waals surface area contributed by atoms with E-state index in [1.165, 1.54) is 0 Å². The van der Waals surface area contributed by atoms with Gasteiger partial charge in [-0.2, -0.15) is 0 Å². The first-order valence-corrected chi connectivity index (χ1v) is 5.20. The fraction of sp³-hybridized carbons (Fsp3) is 0.571. The van der Waals surface area contributed by atoms with E-state index in [9.17, 15) is 13.2 Å². The summed E-state index contributed by atoms with van der Waals surface area (Å²) >= 11 is 0. The SMILES string of the molecule is O=C(O)C#CC1CCCS1(=O)=O. The van der Waals surface area contributed by atoms with Gasteiger partial charge < -0.3 is 5.11 Å². The lowest BCUT2D eigenvalue weighted by molar-refractivity contribution is -0.130. The number of rotatable bonds is 0. The van der Waals surface area contributed by atoms with E-state index in [1.807, 2.05) is 5.92 Å². The van der Waals surface area contributed by atoms with Crippen molar-refractivity contribution >= 4 is 15.8 Å². The van der Waals surface area contributed by atoms with E-state index in [-0.39, 0.29) is 5.75 Å². The van der Waals surface area contributed by atoms with Crippen molar-refractivity contribution in [2.75, 3.05) is 5.75 Å². The van der Waals surface area contributed by atoms with Crippen LogP contribution in [0.4, 0.5) is 0 Å². The predicted molar refractivity (Wildman–Crippen MR) is 42.2 cm³/mol. The lowest BCUT2D eigenvalue weighted by atomic mass is 10.2. The van der Waals surface area contributed by atoms with Crippen molar-refractivity contribution < 1.29 is 18.3 Å². The first-order valence-electron chi connectivity index (χ1n) is 3.48. The summed E-state index contributed by atoms with van der Waals surface area (Å²) in [5.41, 5.74) is 0. The van der Waals surface area contributed by atoms with E-state index >= 15 is 0 Å². The summed E-state index contributed by atoms with van der Waals surface area (Å²) < 4.78 is 22.2. The van der Waals surface area contributed by atoms with Crippen LogP contribution in [0, 0.1) is 11.8 Å². The quantitative estimate of drug-likeness (QED) is 0.527. The van der Waals surface area contributed by atoms with Gasteiger partial charge in [0.1, 0.15) is 5.25 Å². The minimum absolute atomic E-state index is 0.131. The lowest BCUT2D eigenvalue weighted by Crippen LogP contribution is -2.13. The Balaban J connectivity index is 2.80. The normalized spacial score (nSPS) is 25.8. The van der Waals surface area contributed by atoms with Gasteiger partial charge in [-0.15, -0.1) is 0 Å². The van der Waals surface area contributed by atoms with Crippen LogP contribution < -0.4 is 0 Å². The molecule has 0 spiro atoms. The lowest BCUT2D eigenvalue weighted by Gasteiger charge is -1.96. The Morgan fingerprint density at radius 1 is 1.50 bits per heavy atom. The first kappa shape index (κ1) is 9.07. The van der Waals surface area contributed by atoms with Crippen molar-refractivity contribution in [2.24, 2.45) is 0 Å². The molecule has 1 atom stereocenters. The number of carboxylic acid groups (broad SMARTS) is 1. The van der Waals surface area contributed by atoms with Crippen molar-refractivity contribution in [3.8, 4) is 11.8 Å². The third-order valence-electron chi connectivity index (χ3n) is 1.67. The molecular formula is C7H8O4S. The van der Waals surface area contributed by atoms with Gasteiger partial charge in [0.2, 0.25) is 0 Å². The predicted octanol–water partition coefficient (Wildman–Crippen LogP) is -0.348. The van der Waals surface area contributed by atoms with Gasteiger partial charge in [-0.3, -0.25) is 0 Å². The van der Waals surface area contributed by atoms with Crippen LogP contribution in [0.15, 0.2) is 0 Å². The van der Waals surface area contributed by atoms with Crippen LogP contribution in [-0.4, -0.2) is 30.5 Å². The Morgan fingerprint density at radius 3 is 2.58 bits per heavy atom. The molecule has 1 aliphatic rings. The smallest absolute Gasteiger partial charge is 0.381 e.